The Kier molecular flexibility index (Phi) is 6.53. The number of amides is 3. The molecule has 0 aliphatic rings. The smallest absolute Gasteiger partial charge is 0.312 e. The van der Waals surface area contributed by atoms with E-state index in [2.05, 4.69) is 15.4 Å². The molecule has 3 amide bonds. The van der Waals surface area contributed by atoms with Gasteiger partial charge in [0.1, 0.15) is 10.9 Å². The van der Waals surface area contributed by atoms with Crippen molar-refractivity contribution in [2.24, 2.45) is 5.73 Å². The van der Waals surface area contributed by atoms with Gasteiger partial charge in [0.25, 0.3) is 10.0 Å². The van der Waals surface area contributed by atoms with E-state index < -0.39 is 28.0 Å². The molecule has 2 rings (SSSR count). The lowest BCUT2D eigenvalue weighted by molar-refractivity contribution is -0.117. The molecule has 0 fully saturated rings. The molecule has 0 heterocycles. The van der Waals surface area contributed by atoms with Crippen LogP contribution in [-0.4, -0.2) is 26.4 Å². The van der Waals surface area contributed by atoms with E-state index in [1.54, 1.807) is 0 Å². The summed E-state index contributed by atoms with van der Waals surface area (Å²) in [5, 5.41) is 5.12. The van der Waals surface area contributed by atoms with E-state index in [0.717, 1.165) is 0 Å². The molecule has 0 spiro atoms. The summed E-state index contributed by atoms with van der Waals surface area (Å²) < 4.78 is 27.6. The van der Waals surface area contributed by atoms with Crippen LogP contribution in [0.15, 0.2) is 47.4 Å². The predicted molar refractivity (Wildman–Crippen MR) is 105 cm³/mol. The summed E-state index contributed by atoms with van der Waals surface area (Å²) in [5.74, 6) is -0.579. The monoisotopic (exact) mass is 430 g/mol. The van der Waals surface area contributed by atoms with Crippen LogP contribution in [0.5, 0.6) is 0 Å². The van der Waals surface area contributed by atoms with Crippen molar-refractivity contribution in [1.82, 2.24) is 5.32 Å². The van der Waals surface area contributed by atoms with Gasteiger partial charge in [-0.25, -0.2) is 13.2 Å². The molecule has 144 valence electrons. The minimum Gasteiger partial charge on any atom is -0.352 e. The van der Waals surface area contributed by atoms with Crippen molar-refractivity contribution in [2.45, 2.75) is 17.9 Å². The molecule has 0 saturated carbocycles. The first-order valence-electron chi connectivity index (χ1n) is 7.53. The van der Waals surface area contributed by atoms with Crippen LogP contribution in [-0.2, 0) is 14.8 Å². The van der Waals surface area contributed by atoms with Crippen LogP contribution < -0.4 is 21.1 Å². The Bertz CT molecular complexity index is 965. The van der Waals surface area contributed by atoms with Crippen molar-refractivity contribution >= 4 is 56.5 Å². The number of primary amides is 1. The van der Waals surface area contributed by atoms with Gasteiger partial charge >= 0.3 is 6.03 Å². The molecule has 0 bridgehead atoms. The molecule has 8 nitrogen and oxygen atoms in total. The third-order valence-corrected chi connectivity index (χ3v) is 5.45. The summed E-state index contributed by atoms with van der Waals surface area (Å²) in [7, 11) is -4.02. The van der Waals surface area contributed by atoms with Gasteiger partial charge in [-0.05, 0) is 49.4 Å². The number of hydrogen-bond donors (Lipinski definition) is 4. The number of benzene rings is 2. The molecule has 11 heteroatoms. The SMILES string of the molecule is C[C@H](NC(N)=O)C(=O)Nc1ccc(Cl)c(S(=O)(=O)Nc2ccc(Cl)cc2)c1. The lowest BCUT2D eigenvalue weighted by atomic mass is 10.2. The molecule has 0 radical (unpaired) electrons. The second-order valence-corrected chi connectivity index (χ2v) is 7.97. The standard InChI is InChI=1S/C16H16Cl2N4O4S/c1-9(20-16(19)24)15(23)21-12-6-7-13(18)14(8-12)27(25,26)22-11-4-2-10(17)3-5-11/h2-9,22H,1H3,(H,21,23)(H3,19,20,24)/t9-/m0/s1. The number of urea groups is 1. The fourth-order valence-corrected chi connectivity index (χ4v) is 3.76. The quantitative estimate of drug-likeness (QED) is 0.560. The average Bonchev–Trinajstić information content (AvgIpc) is 2.57. The first-order chi connectivity index (χ1) is 12.6. The first kappa shape index (κ1) is 20.8. The first-order valence-corrected chi connectivity index (χ1v) is 9.77. The van der Waals surface area contributed by atoms with Gasteiger partial charge in [-0.15, -0.1) is 0 Å². The Balaban J connectivity index is 2.24. The average molecular weight is 431 g/mol. The number of halogens is 2. The Morgan fingerprint density at radius 1 is 1.04 bits per heavy atom. The zero-order valence-electron chi connectivity index (χ0n) is 14.0. The topological polar surface area (TPSA) is 130 Å². The summed E-state index contributed by atoms with van der Waals surface area (Å²) in [5.41, 5.74) is 5.44. The summed E-state index contributed by atoms with van der Waals surface area (Å²) in [6.45, 7) is 1.43. The highest BCUT2D eigenvalue weighted by molar-refractivity contribution is 7.92. The number of rotatable bonds is 6. The third kappa shape index (κ3) is 5.75. The number of anilines is 2. The largest absolute Gasteiger partial charge is 0.352 e. The maximum Gasteiger partial charge on any atom is 0.312 e. The number of nitrogens with one attached hydrogen (secondary N) is 3. The van der Waals surface area contributed by atoms with Crippen molar-refractivity contribution in [3.05, 3.63) is 52.5 Å². The molecule has 2 aromatic rings. The van der Waals surface area contributed by atoms with Crippen LogP contribution in [0.4, 0.5) is 16.2 Å². The lowest BCUT2D eigenvalue weighted by Gasteiger charge is -2.14. The normalized spacial score (nSPS) is 12.1. The van der Waals surface area contributed by atoms with E-state index in [-0.39, 0.29) is 15.6 Å². The minimum atomic E-state index is -4.02. The van der Waals surface area contributed by atoms with Crippen LogP contribution in [0.2, 0.25) is 10.0 Å². The molecule has 0 saturated heterocycles. The number of carbonyl (C=O) groups is 2. The van der Waals surface area contributed by atoms with Gasteiger partial charge in [0.15, 0.2) is 0 Å². The van der Waals surface area contributed by atoms with Crippen LogP contribution in [0.3, 0.4) is 0 Å². The van der Waals surface area contributed by atoms with E-state index in [1.807, 2.05) is 0 Å². The Morgan fingerprint density at radius 2 is 1.63 bits per heavy atom. The van der Waals surface area contributed by atoms with Crippen LogP contribution in [0, 0.1) is 0 Å². The summed E-state index contributed by atoms with van der Waals surface area (Å²) in [4.78, 5) is 22.6. The fourth-order valence-electron chi connectivity index (χ4n) is 2.04. The van der Waals surface area contributed by atoms with Gasteiger partial charge in [-0.3, -0.25) is 9.52 Å². The van der Waals surface area contributed by atoms with Crippen LogP contribution in [0.25, 0.3) is 0 Å². The molecule has 0 aliphatic heterocycles. The summed E-state index contributed by atoms with van der Waals surface area (Å²) in [6, 6.07) is 8.26. The zero-order chi connectivity index (χ0) is 20.2. The highest BCUT2D eigenvalue weighted by Gasteiger charge is 2.20. The van der Waals surface area contributed by atoms with Gasteiger partial charge in [-0.2, -0.15) is 0 Å². The molecule has 1 atom stereocenters. The molecular weight excluding hydrogens is 415 g/mol. The van der Waals surface area contributed by atoms with Gasteiger partial charge in [-0.1, -0.05) is 23.2 Å². The van der Waals surface area contributed by atoms with Gasteiger partial charge < -0.3 is 16.4 Å². The van der Waals surface area contributed by atoms with E-state index >= 15 is 0 Å². The second kappa shape index (κ2) is 8.47. The Morgan fingerprint density at radius 3 is 2.22 bits per heavy atom. The Hall–Kier alpha value is -2.49. The van der Waals surface area contributed by atoms with E-state index in [9.17, 15) is 18.0 Å². The number of carbonyl (C=O) groups excluding carboxylic acids is 2. The van der Waals surface area contributed by atoms with E-state index in [4.69, 9.17) is 28.9 Å². The molecule has 0 aliphatic carbocycles. The number of sulfonamides is 1. The minimum absolute atomic E-state index is 0.0298. The van der Waals surface area contributed by atoms with Crippen molar-refractivity contribution in [3.63, 3.8) is 0 Å². The van der Waals surface area contributed by atoms with Gasteiger partial charge in [0.05, 0.1) is 5.02 Å². The second-order valence-electron chi connectivity index (χ2n) is 5.48. The molecule has 27 heavy (non-hydrogen) atoms. The molecule has 0 aromatic heterocycles. The summed E-state index contributed by atoms with van der Waals surface area (Å²) in [6.07, 6.45) is 0. The molecular formula is C16H16Cl2N4O4S. The number of nitrogens with two attached hydrogens (primary N) is 1. The lowest BCUT2D eigenvalue weighted by Crippen LogP contribution is -2.44. The predicted octanol–water partition coefficient (Wildman–Crippen LogP) is 2.79. The van der Waals surface area contributed by atoms with Crippen molar-refractivity contribution in [1.29, 1.82) is 0 Å². The van der Waals surface area contributed by atoms with E-state index in [0.29, 0.717) is 10.7 Å². The van der Waals surface area contributed by atoms with Crippen LogP contribution in [0.1, 0.15) is 6.92 Å². The van der Waals surface area contributed by atoms with Crippen molar-refractivity contribution < 1.29 is 18.0 Å². The van der Waals surface area contributed by atoms with Crippen molar-refractivity contribution in [2.75, 3.05) is 10.0 Å². The zero-order valence-corrected chi connectivity index (χ0v) is 16.3. The van der Waals surface area contributed by atoms with Gasteiger partial charge in [0, 0.05) is 16.4 Å². The molecule has 5 N–H and O–H groups in total. The number of hydrogen-bond acceptors (Lipinski definition) is 4. The highest BCUT2D eigenvalue weighted by Crippen LogP contribution is 2.27. The van der Waals surface area contributed by atoms with E-state index in [1.165, 1.54) is 49.4 Å². The Labute approximate surface area is 166 Å². The molecule has 0 unspecified atom stereocenters. The maximum atomic E-state index is 12.6. The maximum absolute atomic E-state index is 12.6. The summed E-state index contributed by atoms with van der Waals surface area (Å²) >= 11 is 11.8. The third-order valence-electron chi connectivity index (χ3n) is 3.34. The van der Waals surface area contributed by atoms with Gasteiger partial charge in [0.2, 0.25) is 5.91 Å². The fraction of sp³-hybridized carbons (Fsp3) is 0.125. The van der Waals surface area contributed by atoms with Crippen molar-refractivity contribution in [3.8, 4) is 0 Å². The highest BCUT2D eigenvalue weighted by atomic mass is 35.5. The molecule has 2 aromatic carbocycles. The van der Waals surface area contributed by atoms with Crippen LogP contribution >= 0.6 is 23.2 Å².